The van der Waals surface area contributed by atoms with E-state index >= 15 is 0 Å². The molecule has 3 aromatic rings. The molecule has 0 saturated carbocycles. The normalized spacial score (nSPS) is 26.6. The van der Waals surface area contributed by atoms with Crippen LogP contribution in [0.3, 0.4) is 0 Å². The summed E-state index contributed by atoms with van der Waals surface area (Å²) in [6.45, 7) is 1.74. The van der Waals surface area contributed by atoms with Crippen molar-refractivity contribution in [3.8, 4) is 0 Å². The molecule has 2 unspecified atom stereocenters. The molecular formula is C22H20N2O. The van der Waals surface area contributed by atoms with Crippen molar-refractivity contribution in [3.05, 3.63) is 108 Å². The Balaban J connectivity index is 1.80. The highest BCUT2D eigenvalue weighted by Gasteiger charge is 2.72. The molecule has 0 amide bonds. The molecule has 3 nitrogen and oxygen atoms in total. The SMILES string of the molecule is c1ccc(C2(c3ccccc3)NCCN3OC32c2ccccc2)cc1. The number of nitrogens with one attached hydrogen (secondary N) is 1. The van der Waals surface area contributed by atoms with Gasteiger partial charge in [-0.2, -0.15) is 0 Å². The number of fused-ring (bicyclic) bond motifs is 1. The second-order valence-electron chi connectivity index (χ2n) is 6.61. The number of hydrogen-bond donors (Lipinski definition) is 1. The molecule has 2 aliphatic rings. The number of benzene rings is 3. The van der Waals surface area contributed by atoms with Crippen LogP contribution in [0.5, 0.6) is 0 Å². The Morgan fingerprint density at radius 3 is 1.68 bits per heavy atom. The molecule has 0 aliphatic carbocycles. The fourth-order valence-corrected chi connectivity index (χ4v) is 4.28. The molecule has 0 bridgehead atoms. The quantitative estimate of drug-likeness (QED) is 0.744. The molecule has 124 valence electrons. The predicted molar refractivity (Wildman–Crippen MR) is 97.6 cm³/mol. The minimum absolute atomic E-state index is 0.449. The van der Waals surface area contributed by atoms with Gasteiger partial charge in [0, 0.05) is 18.7 Å². The van der Waals surface area contributed by atoms with E-state index < -0.39 is 11.3 Å². The van der Waals surface area contributed by atoms with Crippen molar-refractivity contribution in [2.45, 2.75) is 11.3 Å². The van der Waals surface area contributed by atoms with E-state index in [4.69, 9.17) is 4.84 Å². The Hall–Kier alpha value is -2.46. The molecule has 3 heteroatoms. The molecule has 3 aromatic carbocycles. The van der Waals surface area contributed by atoms with Crippen LogP contribution in [-0.4, -0.2) is 18.2 Å². The number of piperazine rings is 1. The fourth-order valence-electron chi connectivity index (χ4n) is 4.28. The van der Waals surface area contributed by atoms with E-state index in [1.54, 1.807) is 0 Å². The summed E-state index contributed by atoms with van der Waals surface area (Å²) < 4.78 is 0. The highest BCUT2D eigenvalue weighted by atomic mass is 16.9. The first kappa shape index (κ1) is 14.8. The van der Waals surface area contributed by atoms with E-state index in [2.05, 4.69) is 101 Å². The Kier molecular flexibility index (Phi) is 3.28. The van der Waals surface area contributed by atoms with E-state index in [0.29, 0.717) is 0 Å². The van der Waals surface area contributed by atoms with Gasteiger partial charge in [0.25, 0.3) is 0 Å². The summed E-state index contributed by atoms with van der Waals surface area (Å²) in [4.78, 5) is 6.35. The van der Waals surface area contributed by atoms with Crippen molar-refractivity contribution in [1.29, 1.82) is 0 Å². The lowest BCUT2D eigenvalue weighted by Gasteiger charge is -2.43. The van der Waals surface area contributed by atoms with Crippen molar-refractivity contribution in [2.75, 3.05) is 13.1 Å². The zero-order valence-corrected chi connectivity index (χ0v) is 13.9. The van der Waals surface area contributed by atoms with Crippen LogP contribution < -0.4 is 5.32 Å². The standard InChI is InChI=1S/C22H20N2O/c1-4-10-18(11-5-1)21(19-12-6-2-7-13-19)22(20-14-8-3-9-15-20)24(25-22)17-16-23-21/h1-15,23H,16-17H2. The molecule has 2 heterocycles. The van der Waals surface area contributed by atoms with E-state index in [-0.39, 0.29) is 0 Å². The second-order valence-corrected chi connectivity index (χ2v) is 6.61. The third-order valence-corrected chi connectivity index (χ3v) is 5.35. The van der Waals surface area contributed by atoms with Crippen LogP contribution in [0.4, 0.5) is 0 Å². The Labute approximate surface area is 147 Å². The van der Waals surface area contributed by atoms with Crippen LogP contribution in [0, 0.1) is 0 Å². The van der Waals surface area contributed by atoms with Crippen LogP contribution in [0.15, 0.2) is 91.0 Å². The maximum absolute atomic E-state index is 6.35. The average Bonchev–Trinajstić information content (AvgIpc) is 3.46. The van der Waals surface area contributed by atoms with Gasteiger partial charge in [-0.3, -0.25) is 10.2 Å². The first-order valence-electron chi connectivity index (χ1n) is 8.76. The molecule has 2 aliphatic heterocycles. The van der Waals surface area contributed by atoms with Crippen molar-refractivity contribution >= 4 is 0 Å². The van der Waals surface area contributed by atoms with E-state index in [1.165, 1.54) is 16.7 Å². The van der Waals surface area contributed by atoms with Gasteiger partial charge in [-0.1, -0.05) is 91.0 Å². The molecule has 5 rings (SSSR count). The van der Waals surface area contributed by atoms with Crippen LogP contribution in [-0.2, 0) is 16.1 Å². The largest absolute Gasteiger partial charge is 0.298 e. The van der Waals surface area contributed by atoms with Crippen LogP contribution in [0.2, 0.25) is 0 Å². The smallest absolute Gasteiger partial charge is 0.216 e. The van der Waals surface area contributed by atoms with E-state index in [0.717, 1.165) is 13.1 Å². The Morgan fingerprint density at radius 2 is 1.16 bits per heavy atom. The first-order chi connectivity index (χ1) is 12.4. The van der Waals surface area contributed by atoms with Gasteiger partial charge in [-0.25, -0.2) is 0 Å². The summed E-state index contributed by atoms with van der Waals surface area (Å²) in [5.41, 5.74) is 2.64. The van der Waals surface area contributed by atoms with E-state index in [9.17, 15) is 0 Å². The fraction of sp³-hybridized carbons (Fsp3) is 0.182. The molecule has 0 spiro atoms. The van der Waals surface area contributed by atoms with Crippen LogP contribution in [0.25, 0.3) is 0 Å². The predicted octanol–water partition coefficient (Wildman–Crippen LogP) is 3.63. The molecule has 2 atom stereocenters. The third kappa shape index (κ3) is 1.97. The number of hydrogen-bond acceptors (Lipinski definition) is 3. The third-order valence-electron chi connectivity index (χ3n) is 5.35. The highest BCUT2D eigenvalue weighted by Crippen LogP contribution is 2.60. The van der Waals surface area contributed by atoms with Crippen molar-refractivity contribution in [3.63, 3.8) is 0 Å². The minimum atomic E-state index is -0.519. The van der Waals surface area contributed by atoms with Crippen molar-refractivity contribution in [2.24, 2.45) is 0 Å². The molecule has 0 radical (unpaired) electrons. The van der Waals surface area contributed by atoms with Gasteiger partial charge in [-0.15, -0.1) is 5.06 Å². The van der Waals surface area contributed by atoms with Gasteiger partial charge in [-0.05, 0) is 11.1 Å². The summed E-state index contributed by atoms with van der Waals surface area (Å²) >= 11 is 0. The lowest BCUT2D eigenvalue weighted by Crippen LogP contribution is -2.59. The zero-order valence-electron chi connectivity index (χ0n) is 13.9. The zero-order chi connectivity index (χ0) is 16.7. The molecule has 2 fully saturated rings. The Bertz CT molecular complexity index is 827. The summed E-state index contributed by atoms with van der Waals surface area (Å²) in [6.07, 6.45) is 0. The second kappa shape index (κ2) is 5.53. The van der Waals surface area contributed by atoms with Gasteiger partial charge < -0.3 is 0 Å². The van der Waals surface area contributed by atoms with Gasteiger partial charge in [0.2, 0.25) is 5.72 Å². The maximum atomic E-state index is 6.35. The monoisotopic (exact) mass is 328 g/mol. The summed E-state index contributed by atoms with van der Waals surface area (Å²) in [7, 11) is 0. The van der Waals surface area contributed by atoms with Crippen LogP contribution in [0.1, 0.15) is 16.7 Å². The molecule has 1 N–H and O–H groups in total. The lowest BCUT2D eigenvalue weighted by atomic mass is 9.71. The summed E-state index contributed by atoms with van der Waals surface area (Å²) in [5.74, 6) is 0. The molecule has 2 saturated heterocycles. The summed E-state index contributed by atoms with van der Waals surface area (Å²) in [5, 5.41) is 5.95. The van der Waals surface area contributed by atoms with Crippen LogP contribution >= 0.6 is 0 Å². The number of hydroxylamine groups is 2. The van der Waals surface area contributed by atoms with Gasteiger partial charge in [0.15, 0.2) is 0 Å². The topological polar surface area (TPSA) is 27.6 Å². The van der Waals surface area contributed by atoms with Gasteiger partial charge in [0.05, 0.1) is 0 Å². The molecule has 0 aromatic heterocycles. The van der Waals surface area contributed by atoms with Gasteiger partial charge in [0.1, 0.15) is 5.54 Å². The summed E-state index contributed by atoms with van der Waals surface area (Å²) in [6, 6.07) is 31.8. The van der Waals surface area contributed by atoms with E-state index in [1.807, 2.05) is 0 Å². The van der Waals surface area contributed by atoms with Crippen molar-refractivity contribution in [1.82, 2.24) is 10.4 Å². The van der Waals surface area contributed by atoms with Crippen molar-refractivity contribution < 1.29 is 4.84 Å². The number of nitrogens with zero attached hydrogens (tertiary/aromatic N) is 1. The van der Waals surface area contributed by atoms with Gasteiger partial charge >= 0.3 is 0 Å². The maximum Gasteiger partial charge on any atom is 0.216 e. The molecule has 25 heavy (non-hydrogen) atoms. The molecular weight excluding hydrogens is 308 g/mol. The Morgan fingerprint density at radius 1 is 0.680 bits per heavy atom. The highest BCUT2D eigenvalue weighted by molar-refractivity contribution is 5.48. The lowest BCUT2D eigenvalue weighted by molar-refractivity contribution is 0.178. The first-order valence-corrected chi connectivity index (χ1v) is 8.76. The average molecular weight is 328 g/mol. The number of rotatable bonds is 3. The minimum Gasteiger partial charge on any atom is -0.298 e.